The number of rotatable bonds is 3. The summed E-state index contributed by atoms with van der Waals surface area (Å²) in [7, 11) is 3.27. The first-order valence-corrected chi connectivity index (χ1v) is 6.93. The van der Waals surface area contributed by atoms with E-state index < -0.39 is 17.6 Å². The summed E-state index contributed by atoms with van der Waals surface area (Å²) in [5.41, 5.74) is -0.862. The predicted octanol–water partition coefficient (Wildman–Crippen LogP) is 4.38. The zero-order valence-corrected chi connectivity index (χ0v) is 13.2. The molecule has 0 radical (unpaired) electrons. The van der Waals surface area contributed by atoms with Gasteiger partial charge >= 0.3 is 6.18 Å². The lowest BCUT2D eigenvalue weighted by atomic mass is 10.1. The molecule has 1 N–H and O–H groups in total. The minimum absolute atomic E-state index is 0.0864. The molecule has 1 amide bonds. The highest BCUT2D eigenvalue weighted by molar-refractivity contribution is 9.10. The fourth-order valence-corrected chi connectivity index (χ4v) is 2.08. The third-order valence-electron chi connectivity index (χ3n) is 2.87. The molecule has 0 unspecified atom stereocenters. The summed E-state index contributed by atoms with van der Waals surface area (Å²) in [6.07, 6.45) is -4.58. The van der Waals surface area contributed by atoms with Gasteiger partial charge in [0.05, 0.1) is 11.3 Å². The predicted molar refractivity (Wildman–Crippen MR) is 80.1 cm³/mol. The van der Waals surface area contributed by atoms with Crippen LogP contribution in [0, 0.1) is 0 Å². The number of benzene rings is 1. The van der Waals surface area contributed by atoms with Gasteiger partial charge in [-0.2, -0.15) is 13.2 Å². The molecule has 0 saturated heterocycles. The van der Waals surface area contributed by atoms with Crippen LogP contribution in [-0.4, -0.2) is 20.0 Å². The monoisotopic (exact) mass is 376 g/mol. The lowest BCUT2D eigenvalue weighted by molar-refractivity contribution is -0.136. The van der Waals surface area contributed by atoms with E-state index in [1.165, 1.54) is 24.3 Å². The van der Waals surface area contributed by atoms with E-state index in [2.05, 4.69) is 21.2 Å². The Kier molecular flexibility index (Phi) is 4.50. The molecule has 0 aliphatic carbocycles. The summed E-state index contributed by atoms with van der Waals surface area (Å²) >= 11 is 3.03. The minimum Gasteiger partial charge on any atom is -0.444 e. The SMILES string of the molecule is CN(C)c1ccc(NC(=O)c2ccc(Br)o2)c(C(F)(F)F)c1. The van der Waals surface area contributed by atoms with Gasteiger partial charge in [0.15, 0.2) is 10.4 Å². The van der Waals surface area contributed by atoms with Crippen LogP contribution in [-0.2, 0) is 6.18 Å². The van der Waals surface area contributed by atoms with Crippen molar-refractivity contribution < 1.29 is 22.4 Å². The van der Waals surface area contributed by atoms with E-state index in [4.69, 9.17) is 4.42 Å². The Bertz CT molecular complexity index is 696. The zero-order chi connectivity index (χ0) is 16.5. The van der Waals surface area contributed by atoms with Gasteiger partial charge in [-0.05, 0) is 46.3 Å². The van der Waals surface area contributed by atoms with Gasteiger partial charge in [-0.1, -0.05) is 0 Å². The van der Waals surface area contributed by atoms with E-state index in [0.717, 1.165) is 6.07 Å². The molecule has 0 saturated carbocycles. The maximum absolute atomic E-state index is 13.1. The Hall–Kier alpha value is -1.96. The minimum atomic E-state index is -4.58. The molecule has 8 heteroatoms. The zero-order valence-electron chi connectivity index (χ0n) is 11.7. The molecule has 2 rings (SSSR count). The molecule has 0 atom stereocenters. The van der Waals surface area contributed by atoms with E-state index in [1.807, 2.05) is 0 Å². The quantitative estimate of drug-likeness (QED) is 0.864. The standard InChI is InChI=1S/C14H12BrF3N2O2/c1-20(2)8-3-4-10(9(7-8)14(16,17)18)19-13(21)11-5-6-12(15)22-11/h3-7H,1-2H3,(H,19,21). The second kappa shape index (κ2) is 6.04. The molecule has 0 bridgehead atoms. The van der Waals surface area contributed by atoms with Crippen LogP contribution in [0.15, 0.2) is 39.4 Å². The van der Waals surface area contributed by atoms with Gasteiger partial charge < -0.3 is 14.6 Å². The normalized spacial score (nSPS) is 11.4. The number of hydrogen-bond donors (Lipinski definition) is 1. The Labute approximate surface area is 133 Å². The number of carbonyl (C=O) groups excluding carboxylic acids is 1. The largest absolute Gasteiger partial charge is 0.444 e. The molecule has 118 valence electrons. The number of hydrogen-bond acceptors (Lipinski definition) is 3. The topological polar surface area (TPSA) is 45.5 Å². The van der Waals surface area contributed by atoms with Gasteiger partial charge in [-0.25, -0.2) is 0 Å². The molecule has 2 aromatic rings. The van der Waals surface area contributed by atoms with Gasteiger partial charge in [0.1, 0.15) is 0 Å². The summed E-state index contributed by atoms with van der Waals surface area (Å²) in [4.78, 5) is 13.5. The summed E-state index contributed by atoms with van der Waals surface area (Å²) in [5.74, 6) is -0.842. The highest BCUT2D eigenvalue weighted by atomic mass is 79.9. The average molecular weight is 377 g/mol. The summed E-state index contributed by atoms with van der Waals surface area (Å²) in [5, 5.41) is 2.22. The lowest BCUT2D eigenvalue weighted by Gasteiger charge is -2.18. The molecule has 0 aliphatic rings. The van der Waals surface area contributed by atoms with Crippen molar-refractivity contribution in [1.29, 1.82) is 0 Å². The first-order valence-electron chi connectivity index (χ1n) is 6.14. The maximum Gasteiger partial charge on any atom is 0.418 e. The third kappa shape index (κ3) is 3.62. The van der Waals surface area contributed by atoms with Crippen LogP contribution in [0.3, 0.4) is 0 Å². The highest BCUT2D eigenvalue weighted by Crippen LogP contribution is 2.37. The number of nitrogens with one attached hydrogen (secondary N) is 1. The first-order chi connectivity index (χ1) is 10.2. The van der Waals surface area contributed by atoms with Crippen LogP contribution in [0.5, 0.6) is 0 Å². The molecule has 22 heavy (non-hydrogen) atoms. The van der Waals surface area contributed by atoms with Crippen LogP contribution in [0.2, 0.25) is 0 Å². The van der Waals surface area contributed by atoms with Crippen LogP contribution in [0.1, 0.15) is 16.1 Å². The van der Waals surface area contributed by atoms with Crippen LogP contribution >= 0.6 is 15.9 Å². The third-order valence-corrected chi connectivity index (χ3v) is 3.30. The van der Waals surface area contributed by atoms with Crippen molar-refractivity contribution in [3.8, 4) is 0 Å². The van der Waals surface area contributed by atoms with E-state index in [9.17, 15) is 18.0 Å². The highest BCUT2D eigenvalue weighted by Gasteiger charge is 2.34. The van der Waals surface area contributed by atoms with E-state index in [0.29, 0.717) is 10.4 Å². The van der Waals surface area contributed by atoms with Gasteiger partial charge in [0.2, 0.25) is 0 Å². The molecule has 0 aliphatic heterocycles. The molecule has 0 fully saturated rings. The summed E-state index contributed by atoms with van der Waals surface area (Å²) in [6.45, 7) is 0. The van der Waals surface area contributed by atoms with Crippen molar-refractivity contribution in [2.75, 3.05) is 24.3 Å². The molecule has 0 spiro atoms. The molecule has 1 aromatic heterocycles. The maximum atomic E-state index is 13.1. The van der Waals surface area contributed by atoms with E-state index in [1.54, 1.807) is 19.0 Å². The van der Waals surface area contributed by atoms with Crippen LogP contribution in [0.25, 0.3) is 0 Å². The van der Waals surface area contributed by atoms with Crippen molar-refractivity contribution in [1.82, 2.24) is 0 Å². The number of carbonyl (C=O) groups is 1. The Morgan fingerprint density at radius 3 is 2.41 bits per heavy atom. The van der Waals surface area contributed by atoms with Gasteiger partial charge in [-0.15, -0.1) is 0 Å². The Morgan fingerprint density at radius 2 is 1.91 bits per heavy atom. The lowest BCUT2D eigenvalue weighted by Crippen LogP contribution is -2.17. The number of nitrogens with zero attached hydrogens (tertiary/aromatic N) is 1. The number of alkyl halides is 3. The fraction of sp³-hybridized carbons (Fsp3) is 0.214. The smallest absolute Gasteiger partial charge is 0.418 e. The van der Waals surface area contributed by atoms with Crippen molar-refractivity contribution in [2.24, 2.45) is 0 Å². The first kappa shape index (κ1) is 16.4. The van der Waals surface area contributed by atoms with Crippen molar-refractivity contribution in [3.63, 3.8) is 0 Å². The second-order valence-electron chi connectivity index (χ2n) is 4.68. The van der Waals surface area contributed by atoms with E-state index in [-0.39, 0.29) is 11.4 Å². The van der Waals surface area contributed by atoms with Gasteiger partial charge in [-0.3, -0.25) is 4.79 Å². The Morgan fingerprint density at radius 1 is 1.23 bits per heavy atom. The van der Waals surface area contributed by atoms with Crippen LogP contribution < -0.4 is 10.2 Å². The number of amides is 1. The summed E-state index contributed by atoms with van der Waals surface area (Å²) in [6, 6.07) is 6.53. The van der Waals surface area contributed by atoms with Crippen LogP contribution in [0.4, 0.5) is 24.5 Å². The number of halogens is 4. The molecular formula is C14H12BrF3N2O2. The molecule has 1 heterocycles. The van der Waals surface area contributed by atoms with Crippen molar-refractivity contribution >= 4 is 33.2 Å². The number of anilines is 2. The average Bonchev–Trinajstić information content (AvgIpc) is 2.84. The summed E-state index contributed by atoms with van der Waals surface area (Å²) < 4.78 is 44.8. The number of furan rings is 1. The fourth-order valence-electron chi connectivity index (χ4n) is 1.77. The molecule has 4 nitrogen and oxygen atoms in total. The molecular weight excluding hydrogens is 365 g/mol. The van der Waals surface area contributed by atoms with Crippen molar-refractivity contribution in [2.45, 2.75) is 6.18 Å². The second-order valence-corrected chi connectivity index (χ2v) is 5.46. The van der Waals surface area contributed by atoms with Crippen molar-refractivity contribution in [3.05, 3.63) is 46.3 Å². The van der Waals surface area contributed by atoms with Gasteiger partial charge in [0.25, 0.3) is 5.91 Å². The van der Waals surface area contributed by atoms with Gasteiger partial charge in [0, 0.05) is 19.8 Å². The van der Waals surface area contributed by atoms with E-state index >= 15 is 0 Å². The Balaban J connectivity index is 2.36. The molecule has 1 aromatic carbocycles.